The molecule has 3 aliphatic heterocycles. The van der Waals surface area contributed by atoms with Crippen LogP contribution >= 0.6 is 0 Å². The molecule has 1 aromatic carbocycles. The smallest absolute Gasteiger partial charge is 0.262 e. The molecule has 2 saturated heterocycles. The zero-order valence-corrected chi connectivity index (χ0v) is 16.6. The highest BCUT2D eigenvalue weighted by Gasteiger charge is 2.45. The minimum absolute atomic E-state index is 0.0901. The van der Waals surface area contributed by atoms with E-state index in [1.165, 1.54) is 0 Å². The lowest BCUT2D eigenvalue weighted by atomic mass is 9.92. The van der Waals surface area contributed by atoms with Crippen LogP contribution in [-0.2, 0) is 16.1 Å². The number of nitrogens with zero attached hydrogens (tertiary/aromatic N) is 1. The van der Waals surface area contributed by atoms with Gasteiger partial charge in [-0.1, -0.05) is 12.1 Å². The number of hydrogen-bond acceptors (Lipinski definition) is 7. The van der Waals surface area contributed by atoms with E-state index in [0.717, 1.165) is 30.8 Å². The number of aliphatic hydroxyl groups is 1. The summed E-state index contributed by atoms with van der Waals surface area (Å²) in [6.45, 7) is 2.53. The number of nitrogens with one attached hydrogen (secondary N) is 3. The minimum atomic E-state index is -0.974. The van der Waals surface area contributed by atoms with Crippen molar-refractivity contribution >= 4 is 23.6 Å². The van der Waals surface area contributed by atoms with Crippen LogP contribution in [0.1, 0.15) is 52.0 Å². The Balaban J connectivity index is 1.45. The SMILES string of the molecule is O=C1CCC(N2C(=O)c3cccc(CNCC(O)C4CCNCC4)c3C2=O)C(=O)N1. The molecule has 0 spiro atoms. The molecule has 0 aromatic heterocycles. The van der Waals surface area contributed by atoms with Crippen molar-refractivity contribution in [3.05, 3.63) is 34.9 Å². The lowest BCUT2D eigenvalue weighted by molar-refractivity contribution is -0.136. The third-order valence-electron chi connectivity index (χ3n) is 6.15. The molecule has 1 aromatic rings. The van der Waals surface area contributed by atoms with Crippen LogP contribution in [0.5, 0.6) is 0 Å². The van der Waals surface area contributed by atoms with Crippen molar-refractivity contribution in [2.24, 2.45) is 5.92 Å². The van der Waals surface area contributed by atoms with E-state index in [9.17, 15) is 24.3 Å². The first-order chi connectivity index (χ1) is 14.5. The van der Waals surface area contributed by atoms with Crippen molar-refractivity contribution < 1.29 is 24.3 Å². The van der Waals surface area contributed by atoms with Crippen LogP contribution in [-0.4, -0.2) is 65.4 Å². The normalized spacial score (nSPS) is 23.5. The Bertz CT molecular complexity index is 880. The van der Waals surface area contributed by atoms with Crippen LogP contribution in [0.25, 0.3) is 0 Å². The Labute approximate surface area is 174 Å². The van der Waals surface area contributed by atoms with Gasteiger partial charge in [0.15, 0.2) is 0 Å². The average molecular weight is 414 g/mol. The highest BCUT2D eigenvalue weighted by atomic mass is 16.3. The van der Waals surface area contributed by atoms with Crippen molar-refractivity contribution in [2.75, 3.05) is 19.6 Å². The predicted molar refractivity (Wildman–Crippen MR) is 106 cm³/mol. The third kappa shape index (κ3) is 3.88. The quantitative estimate of drug-likeness (QED) is 0.464. The highest BCUT2D eigenvalue weighted by molar-refractivity contribution is 6.24. The van der Waals surface area contributed by atoms with Crippen LogP contribution in [0.15, 0.2) is 18.2 Å². The fraction of sp³-hybridized carbons (Fsp3) is 0.524. The molecular formula is C21H26N4O5. The number of carbonyl (C=O) groups excluding carboxylic acids is 4. The molecule has 4 amide bonds. The second kappa shape index (κ2) is 8.63. The van der Waals surface area contributed by atoms with Crippen LogP contribution in [0.2, 0.25) is 0 Å². The van der Waals surface area contributed by atoms with Gasteiger partial charge in [-0.15, -0.1) is 0 Å². The molecule has 9 nitrogen and oxygen atoms in total. The van der Waals surface area contributed by atoms with E-state index in [0.29, 0.717) is 18.7 Å². The molecule has 2 fully saturated rings. The second-order valence-electron chi connectivity index (χ2n) is 8.07. The summed E-state index contributed by atoms with van der Waals surface area (Å²) in [7, 11) is 0. The summed E-state index contributed by atoms with van der Waals surface area (Å²) in [5.74, 6) is -1.80. The molecule has 0 saturated carbocycles. The van der Waals surface area contributed by atoms with E-state index < -0.39 is 35.8 Å². The maximum Gasteiger partial charge on any atom is 0.262 e. The molecule has 3 aliphatic rings. The van der Waals surface area contributed by atoms with Gasteiger partial charge in [0.1, 0.15) is 6.04 Å². The van der Waals surface area contributed by atoms with E-state index in [1.807, 2.05) is 0 Å². The zero-order valence-electron chi connectivity index (χ0n) is 16.6. The monoisotopic (exact) mass is 414 g/mol. The molecule has 4 rings (SSSR count). The number of fused-ring (bicyclic) bond motifs is 1. The second-order valence-corrected chi connectivity index (χ2v) is 8.07. The Morgan fingerprint density at radius 1 is 1.10 bits per heavy atom. The summed E-state index contributed by atoms with van der Waals surface area (Å²) in [6, 6.07) is 4.08. The number of carbonyl (C=O) groups is 4. The molecule has 9 heteroatoms. The summed E-state index contributed by atoms with van der Waals surface area (Å²) >= 11 is 0. The number of amides is 4. The van der Waals surface area contributed by atoms with Crippen LogP contribution in [0.3, 0.4) is 0 Å². The van der Waals surface area contributed by atoms with Crippen LogP contribution in [0, 0.1) is 5.92 Å². The summed E-state index contributed by atoms with van der Waals surface area (Å²) in [5, 5.41) is 19.1. The van der Waals surface area contributed by atoms with Crippen molar-refractivity contribution in [1.82, 2.24) is 20.9 Å². The van der Waals surface area contributed by atoms with E-state index in [2.05, 4.69) is 16.0 Å². The minimum Gasteiger partial charge on any atom is -0.392 e. The van der Waals surface area contributed by atoms with Gasteiger partial charge in [0.2, 0.25) is 11.8 Å². The van der Waals surface area contributed by atoms with Gasteiger partial charge in [-0.2, -0.15) is 0 Å². The van der Waals surface area contributed by atoms with E-state index in [1.54, 1.807) is 18.2 Å². The number of rotatable bonds is 6. The molecule has 0 aliphatic carbocycles. The van der Waals surface area contributed by atoms with Gasteiger partial charge in [-0.05, 0) is 49.9 Å². The van der Waals surface area contributed by atoms with Crippen molar-refractivity contribution in [1.29, 1.82) is 0 Å². The van der Waals surface area contributed by atoms with E-state index >= 15 is 0 Å². The molecule has 30 heavy (non-hydrogen) atoms. The largest absolute Gasteiger partial charge is 0.392 e. The number of benzene rings is 1. The van der Waals surface area contributed by atoms with Crippen molar-refractivity contribution in [2.45, 2.75) is 44.4 Å². The van der Waals surface area contributed by atoms with Gasteiger partial charge in [-0.25, -0.2) is 0 Å². The maximum atomic E-state index is 13.1. The highest BCUT2D eigenvalue weighted by Crippen LogP contribution is 2.30. The van der Waals surface area contributed by atoms with Crippen molar-refractivity contribution in [3.8, 4) is 0 Å². The predicted octanol–water partition coefficient (Wildman–Crippen LogP) is -0.462. The first-order valence-corrected chi connectivity index (χ1v) is 10.4. The fourth-order valence-corrected chi connectivity index (χ4v) is 4.48. The number of hydrogen-bond donors (Lipinski definition) is 4. The lowest BCUT2D eigenvalue weighted by Gasteiger charge is -2.28. The van der Waals surface area contributed by atoms with Crippen molar-refractivity contribution in [3.63, 3.8) is 0 Å². The molecule has 160 valence electrons. The zero-order chi connectivity index (χ0) is 21.3. The lowest BCUT2D eigenvalue weighted by Crippen LogP contribution is -2.54. The van der Waals surface area contributed by atoms with E-state index in [4.69, 9.17) is 0 Å². The van der Waals surface area contributed by atoms with Gasteiger partial charge in [0.05, 0.1) is 17.2 Å². The van der Waals surface area contributed by atoms with Gasteiger partial charge < -0.3 is 15.7 Å². The molecular weight excluding hydrogens is 388 g/mol. The van der Waals surface area contributed by atoms with E-state index in [-0.39, 0.29) is 29.9 Å². The number of imide groups is 2. The number of piperidine rings is 2. The summed E-state index contributed by atoms with van der Waals surface area (Å²) in [5.41, 5.74) is 1.21. The molecule has 2 unspecified atom stereocenters. The summed E-state index contributed by atoms with van der Waals surface area (Å²) in [6.07, 6.45) is 1.61. The summed E-state index contributed by atoms with van der Waals surface area (Å²) < 4.78 is 0. The van der Waals surface area contributed by atoms with Crippen LogP contribution in [0.4, 0.5) is 0 Å². The Morgan fingerprint density at radius 2 is 1.87 bits per heavy atom. The Morgan fingerprint density at radius 3 is 2.60 bits per heavy atom. The van der Waals surface area contributed by atoms with Gasteiger partial charge in [-0.3, -0.25) is 29.4 Å². The van der Waals surface area contributed by atoms with Gasteiger partial charge in [0, 0.05) is 19.5 Å². The van der Waals surface area contributed by atoms with Crippen LogP contribution < -0.4 is 16.0 Å². The maximum absolute atomic E-state index is 13.1. The molecule has 4 N–H and O–H groups in total. The molecule has 0 radical (unpaired) electrons. The van der Waals surface area contributed by atoms with Gasteiger partial charge in [0.25, 0.3) is 11.8 Å². The molecule has 2 atom stereocenters. The summed E-state index contributed by atoms with van der Waals surface area (Å²) in [4.78, 5) is 50.5. The molecule has 3 heterocycles. The first-order valence-electron chi connectivity index (χ1n) is 10.4. The fourth-order valence-electron chi connectivity index (χ4n) is 4.48. The Kier molecular flexibility index (Phi) is 5.94. The number of aliphatic hydroxyl groups excluding tert-OH is 1. The molecule has 0 bridgehead atoms. The topological polar surface area (TPSA) is 128 Å². The standard InChI is InChI=1S/C21H26N4O5/c26-16(12-6-8-22-9-7-12)11-23-10-13-2-1-3-14-18(13)21(30)25(20(14)29)15-4-5-17(27)24-19(15)28/h1-3,12,15-16,22-23,26H,4-11H2,(H,24,27,28). The van der Waals surface area contributed by atoms with Gasteiger partial charge >= 0.3 is 0 Å². The first kappa shape index (κ1) is 20.6. The Hall–Kier alpha value is -2.62. The third-order valence-corrected chi connectivity index (χ3v) is 6.15. The average Bonchev–Trinajstić information content (AvgIpc) is 3.00.